The van der Waals surface area contributed by atoms with E-state index in [1.165, 1.54) is 14.2 Å². The zero-order valence-corrected chi connectivity index (χ0v) is 10.3. The van der Waals surface area contributed by atoms with Gasteiger partial charge in [-0.3, -0.25) is 14.8 Å². The van der Waals surface area contributed by atoms with E-state index in [9.17, 15) is 9.36 Å². The Morgan fingerprint density at radius 1 is 1.41 bits per heavy atom. The Morgan fingerprint density at radius 2 is 2.00 bits per heavy atom. The Balaban J connectivity index is 4.16. The molecule has 17 heavy (non-hydrogen) atoms. The fourth-order valence-corrected chi connectivity index (χ4v) is 1.56. The first-order chi connectivity index (χ1) is 7.82. The summed E-state index contributed by atoms with van der Waals surface area (Å²) in [6.45, 7) is -0.161. The first-order valence-corrected chi connectivity index (χ1v) is 5.97. The van der Waals surface area contributed by atoms with Gasteiger partial charge in [0.1, 0.15) is 6.10 Å². The van der Waals surface area contributed by atoms with Crippen molar-refractivity contribution in [2.24, 2.45) is 5.73 Å². The van der Waals surface area contributed by atoms with E-state index in [0.29, 0.717) is 0 Å². The maximum Gasteiger partial charge on any atom is 0.474 e. The number of hydrogen-bond acceptors (Lipinski definition) is 7. The lowest BCUT2D eigenvalue weighted by Gasteiger charge is -2.18. The topological polar surface area (TPSA) is 138 Å². The molecule has 10 heteroatoms. The zero-order chi connectivity index (χ0) is 13.5. The molecule has 0 heterocycles. The summed E-state index contributed by atoms with van der Waals surface area (Å²) in [7, 11) is -1.76. The molecule has 0 aliphatic heterocycles. The average molecular weight is 273 g/mol. The van der Waals surface area contributed by atoms with Crippen LogP contribution in [0.25, 0.3) is 0 Å². The van der Waals surface area contributed by atoms with E-state index in [1.807, 2.05) is 0 Å². The van der Waals surface area contributed by atoms with Crippen molar-refractivity contribution in [3.63, 3.8) is 0 Å². The van der Waals surface area contributed by atoms with Crippen LogP contribution in [0.5, 0.6) is 0 Å². The third kappa shape index (κ3) is 7.40. The van der Waals surface area contributed by atoms with Crippen LogP contribution in [0.15, 0.2) is 0 Å². The smallest absolute Gasteiger partial charge is 0.474 e. The van der Waals surface area contributed by atoms with Crippen LogP contribution < -0.4 is 5.73 Å². The normalized spacial score (nSPS) is 18.4. The lowest BCUT2D eigenvalue weighted by molar-refractivity contribution is -0.146. The second kappa shape index (κ2) is 7.72. The van der Waals surface area contributed by atoms with Crippen LogP contribution in [0.3, 0.4) is 0 Å². The molecule has 3 atom stereocenters. The molecule has 0 aromatic heterocycles. The predicted octanol–water partition coefficient (Wildman–Crippen LogP) is -0.849. The first-order valence-electron chi connectivity index (χ1n) is 4.48. The molecule has 102 valence electrons. The summed E-state index contributed by atoms with van der Waals surface area (Å²) in [6.07, 6.45) is -2.51. The fourth-order valence-electron chi connectivity index (χ4n) is 0.766. The van der Waals surface area contributed by atoms with Crippen LogP contribution in [0.2, 0.25) is 0 Å². The minimum Gasteiger partial charge on any atom is -0.478 e. The van der Waals surface area contributed by atoms with Crippen molar-refractivity contribution in [3.8, 4) is 0 Å². The Kier molecular flexibility index (Phi) is 7.48. The number of aliphatic carboxylic acids is 1. The average Bonchev–Trinajstić information content (AvgIpc) is 2.23. The number of carbonyl (C=O) groups is 1. The summed E-state index contributed by atoms with van der Waals surface area (Å²) >= 11 is 0. The highest BCUT2D eigenvalue weighted by molar-refractivity contribution is 7.47. The van der Waals surface area contributed by atoms with Crippen molar-refractivity contribution in [3.05, 3.63) is 0 Å². The van der Waals surface area contributed by atoms with Gasteiger partial charge in [-0.25, -0.2) is 9.36 Å². The molecule has 0 saturated heterocycles. The van der Waals surface area contributed by atoms with Gasteiger partial charge in [0.15, 0.2) is 0 Å². The van der Waals surface area contributed by atoms with Crippen LogP contribution in [0.4, 0.5) is 0 Å². The minimum atomic E-state index is -4.53. The van der Waals surface area contributed by atoms with Gasteiger partial charge in [-0.05, 0) is 0 Å². The molecular formula is C7H16NO8P. The molecule has 0 radical (unpaired) electrons. The van der Waals surface area contributed by atoms with Gasteiger partial charge in [0, 0.05) is 14.2 Å². The van der Waals surface area contributed by atoms with Gasteiger partial charge in [0.25, 0.3) is 0 Å². The largest absolute Gasteiger partial charge is 0.478 e. The van der Waals surface area contributed by atoms with Crippen LogP contribution in [-0.4, -0.2) is 55.7 Å². The summed E-state index contributed by atoms with van der Waals surface area (Å²) in [5.41, 5.74) is 4.91. The van der Waals surface area contributed by atoms with E-state index in [2.05, 4.69) is 9.05 Å². The monoisotopic (exact) mass is 273 g/mol. The number of carboxylic acid groups (broad SMARTS) is 1. The number of carboxylic acids is 1. The summed E-state index contributed by atoms with van der Waals surface area (Å²) in [6, 6.07) is 0. The van der Waals surface area contributed by atoms with Gasteiger partial charge in [-0.2, -0.15) is 0 Å². The maximum atomic E-state index is 11.2. The Hall–Kier alpha value is -0.540. The minimum absolute atomic E-state index is 0.140. The molecular weight excluding hydrogens is 257 g/mol. The third-order valence-electron chi connectivity index (χ3n) is 1.60. The summed E-state index contributed by atoms with van der Waals surface area (Å²) in [4.78, 5) is 19.4. The van der Waals surface area contributed by atoms with Gasteiger partial charge >= 0.3 is 13.8 Å². The third-order valence-corrected chi connectivity index (χ3v) is 2.57. The number of nitrogens with two attached hydrogens (primary N) is 1. The number of rotatable bonds is 9. The number of hydrogen-bond donors (Lipinski definition) is 3. The summed E-state index contributed by atoms with van der Waals surface area (Å²) in [5, 5.41) is 8.37. The maximum absolute atomic E-state index is 11.2. The van der Waals surface area contributed by atoms with Crippen LogP contribution in [-0.2, 0) is 27.9 Å². The molecule has 1 unspecified atom stereocenters. The van der Waals surface area contributed by atoms with E-state index in [-0.39, 0.29) is 13.2 Å². The van der Waals surface area contributed by atoms with Crippen molar-refractivity contribution in [2.75, 3.05) is 27.4 Å². The molecule has 4 N–H and O–H groups in total. The van der Waals surface area contributed by atoms with E-state index in [1.54, 1.807) is 0 Å². The predicted molar refractivity (Wildman–Crippen MR) is 55.1 cm³/mol. The lowest BCUT2D eigenvalue weighted by Crippen LogP contribution is -2.32. The van der Waals surface area contributed by atoms with Gasteiger partial charge in [0.05, 0.1) is 13.2 Å². The Morgan fingerprint density at radius 3 is 2.41 bits per heavy atom. The molecule has 0 aliphatic rings. The van der Waals surface area contributed by atoms with Crippen LogP contribution in [0.1, 0.15) is 0 Å². The quantitative estimate of drug-likeness (QED) is 0.362. The molecule has 0 aromatic carbocycles. The molecule has 0 bridgehead atoms. The molecule has 0 aromatic rings. The van der Waals surface area contributed by atoms with E-state index < -0.39 is 26.1 Å². The Bertz CT molecular complexity index is 285. The first kappa shape index (κ1) is 16.5. The van der Waals surface area contributed by atoms with Gasteiger partial charge in [-0.15, -0.1) is 0 Å². The summed E-state index contributed by atoms with van der Waals surface area (Å²) in [5.74, 6) is -1.58. The highest BCUT2D eigenvalue weighted by Crippen LogP contribution is 2.44. The SMILES string of the molecule is COC[C@H](COP(=O)(O)O[C@H](N)C(=O)O)OC. The summed E-state index contributed by atoms with van der Waals surface area (Å²) < 4.78 is 29.5. The van der Waals surface area contributed by atoms with Gasteiger partial charge < -0.3 is 19.5 Å². The number of methoxy groups -OCH3 is 2. The fraction of sp³-hybridized carbons (Fsp3) is 0.857. The molecule has 9 nitrogen and oxygen atoms in total. The van der Waals surface area contributed by atoms with Crippen LogP contribution in [0, 0.1) is 0 Å². The molecule has 0 aliphatic carbocycles. The van der Waals surface area contributed by atoms with Gasteiger partial charge in [-0.1, -0.05) is 0 Å². The van der Waals surface area contributed by atoms with Crippen molar-refractivity contribution in [2.45, 2.75) is 12.3 Å². The Labute approximate surface area is 98.0 Å². The molecule has 0 amide bonds. The van der Waals surface area contributed by atoms with Crippen molar-refractivity contribution >= 4 is 13.8 Å². The number of ether oxygens (including phenoxy) is 2. The lowest BCUT2D eigenvalue weighted by atomic mass is 10.4. The van der Waals surface area contributed by atoms with Crippen molar-refractivity contribution in [1.29, 1.82) is 0 Å². The molecule has 0 spiro atoms. The highest BCUT2D eigenvalue weighted by atomic mass is 31.2. The van der Waals surface area contributed by atoms with E-state index in [4.69, 9.17) is 25.2 Å². The van der Waals surface area contributed by atoms with Crippen molar-refractivity contribution in [1.82, 2.24) is 0 Å². The number of phosphoric acid groups is 1. The molecule has 0 rings (SSSR count). The zero-order valence-electron chi connectivity index (χ0n) is 9.44. The second-order valence-electron chi connectivity index (χ2n) is 2.94. The van der Waals surface area contributed by atoms with E-state index >= 15 is 0 Å². The van der Waals surface area contributed by atoms with Crippen molar-refractivity contribution < 1.29 is 37.9 Å². The number of phosphoric ester groups is 1. The standard InChI is InChI=1S/C7H16NO8P/c1-13-3-5(14-2)4-15-17(11,12)16-6(8)7(9)10/h5-6H,3-4,8H2,1-2H3,(H,9,10)(H,11,12)/t5-,6+/m1/s1. The second-order valence-corrected chi connectivity index (χ2v) is 4.35. The molecule has 0 saturated carbocycles. The van der Waals surface area contributed by atoms with Crippen LogP contribution >= 0.6 is 7.82 Å². The van der Waals surface area contributed by atoms with Gasteiger partial charge in [0.2, 0.25) is 6.23 Å². The highest BCUT2D eigenvalue weighted by Gasteiger charge is 2.29. The molecule has 0 fully saturated rings. The van der Waals surface area contributed by atoms with E-state index in [0.717, 1.165) is 0 Å².